The van der Waals surface area contributed by atoms with Gasteiger partial charge in [0.2, 0.25) is 5.91 Å². The molecule has 0 spiro atoms. The van der Waals surface area contributed by atoms with Gasteiger partial charge in [0.25, 0.3) is 0 Å². The second kappa shape index (κ2) is 7.96. The molecule has 2 aliphatic rings. The van der Waals surface area contributed by atoms with Gasteiger partial charge in [-0.3, -0.25) is 9.69 Å². The molecule has 1 aromatic rings. The Morgan fingerprint density at radius 2 is 1.74 bits per heavy atom. The topological polar surface area (TPSA) is 23.6 Å². The van der Waals surface area contributed by atoms with Gasteiger partial charge in [0.05, 0.1) is 0 Å². The van der Waals surface area contributed by atoms with Gasteiger partial charge in [-0.25, -0.2) is 0 Å². The molecule has 126 valence electrons. The maximum atomic E-state index is 12.7. The van der Waals surface area contributed by atoms with Crippen molar-refractivity contribution in [2.75, 3.05) is 26.2 Å². The standard InChI is InChI=1S/C20H30N2O/c1-17-7-6-8-18(15-17)16-21-13-9-19(10-14-21)20(23)22-11-4-2-3-5-12-22/h6-8,15,19H,2-5,9-14,16H2,1H3. The molecule has 3 heteroatoms. The van der Waals surface area contributed by atoms with Crippen LogP contribution < -0.4 is 0 Å². The molecule has 2 saturated heterocycles. The number of hydrogen-bond donors (Lipinski definition) is 0. The summed E-state index contributed by atoms with van der Waals surface area (Å²) in [5, 5.41) is 0. The van der Waals surface area contributed by atoms with Gasteiger partial charge in [-0.05, 0) is 51.3 Å². The number of rotatable bonds is 3. The van der Waals surface area contributed by atoms with Gasteiger partial charge in [0, 0.05) is 25.6 Å². The Morgan fingerprint density at radius 3 is 2.39 bits per heavy atom. The van der Waals surface area contributed by atoms with Crippen molar-refractivity contribution in [2.24, 2.45) is 5.92 Å². The van der Waals surface area contributed by atoms with Gasteiger partial charge in [-0.15, -0.1) is 0 Å². The van der Waals surface area contributed by atoms with E-state index >= 15 is 0 Å². The normalized spacial score (nSPS) is 21.2. The van der Waals surface area contributed by atoms with Crippen LogP contribution in [0.15, 0.2) is 24.3 Å². The van der Waals surface area contributed by atoms with E-state index < -0.39 is 0 Å². The zero-order valence-corrected chi connectivity index (χ0v) is 14.5. The number of hydrogen-bond acceptors (Lipinski definition) is 2. The molecule has 23 heavy (non-hydrogen) atoms. The molecule has 2 heterocycles. The quantitative estimate of drug-likeness (QED) is 0.851. The fourth-order valence-electron chi connectivity index (χ4n) is 3.96. The molecule has 3 nitrogen and oxygen atoms in total. The van der Waals surface area contributed by atoms with Crippen molar-refractivity contribution < 1.29 is 4.79 Å². The highest BCUT2D eigenvalue weighted by atomic mass is 16.2. The molecule has 0 unspecified atom stereocenters. The van der Waals surface area contributed by atoms with Crippen LogP contribution in [0.4, 0.5) is 0 Å². The summed E-state index contributed by atoms with van der Waals surface area (Å²) in [4.78, 5) is 17.4. The van der Waals surface area contributed by atoms with Crippen molar-refractivity contribution in [2.45, 2.75) is 52.0 Å². The van der Waals surface area contributed by atoms with Gasteiger partial charge in [-0.1, -0.05) is 42.7 Å². The van der Waals surface area contributed by atoms with Crippen molar-refractivity contribution in [3.05, 3.63) is 35.4 Å². The predicted molar refractivity (Wildman–Crippen MR) is 94.2 cm³/mol. The van der Waals surface area contributed by atoms with E-state index in [1.807, 2.05) is 0 Å². The zero-order valence-electron chi connectivity index (χ0n) is 14.5. The highest BCUT2D eigenvalue weighted by Crippen LogP contribution is 2.23. The van der Waals surface area contributed by atoms with Crippen LogP contribution in [0.1, 0.15) is 49.7 Å². The number of carbonyl (C=O) groups is 1. The lowest BCUT2D eigenvalue weighted by atomic mass is 9.94. The second-order valence-electron chi connectivity index (χ2n) is 7.28. The molecule has 0 bridgehead atoms. The van der Waals surface area contributed by atoms with E-state index in [2.05, 4.69) is 41.0 Å². The van der Waals surface area contributed by atoms with Gasteiger partial charge >= 0.3 is 0 Å². The van der Waals surface area contributed by atoms with E-state index in [0.29, 0.717) is 5.91 Å². The molecular weight excluding hydrogens is 284 g/mol. The molecule has 1 amide bonds. The smallest absolute Gasteiger partial charge is 0.225 e. The first kappa shape index (κ1) is 16.5. The van der Waals surface area contributed by atoms with Crippen LogP contribution in [0.5, 0.6) is 0 Å². The molecule has 1 aromatic carbocycles. The minimum absolute atomic E-state index is 0.266. The van der Waals surface area contributed by atoms with Gasteiger partial charge in [0.1, 0.15) is 0 Å². The van der Waals surface area contributed by atoms with E-state index in [0.717, 1.165) is 45.6 Å². The lowest BCUT2D eigenvalue weighted by Crippen LogP contribution is -2.42. The summed E-state index contributed by atoms with van der Waals surface area (Å²) in [6.45, 7) is 7.25. The number of amides is 1. The monoisotopic (exact) mass is 314 g/mol. The number of carbonyl (C=O) groups excluding carboxylic acids is 1. The summed E-state index contributed by atoms with van der Waals surface area (Å²) >= 11 is 0. The van der Waals surface area contributed by atoms with Crippen molar-refractivity contribution >= 4 is 5.91 Å². The number of nitrogens with zero attached hydrogens (tertiary/aromatic N) is 2. The van der Waals surface area contributed by atoms with Crippen LogP contribution in [0.3, 0.4) is 0 Å². The number of aryl methyl sites for hydroxylation is 1. The molecular formula is C20H30N2O. The van der Waals surface area contributed by atoms with Crippen LogP contribution in [0.2, 0.25) is 0 Å². The Hall–Kier alpha value is -1.35. The lowest BCUT2D eigenvalue weighted by molar-refractivity contribution is -0.137. The number of benzene rings is 1. The third-order valence-corrected chi connectivity index (χ3v) is 5.34. The largest absolute Gasteiger partial charge is 0.342 e. The summed E-state index contributed by atoms with van der Waals surface area (Å²) in [5.41, 5.74) is 2.72. The fraction of sp³-hybridized carbons (Fsp3) is 0.650. The average Bonchev–Trinajstić information content (AvgIpc) is 2.84. The number of piperidine rings is 1. The fourth-order valence-corrected chi connectivity index (χ4v) is 3.96. The molecule has 2 aliphatic heterocycles. The molecule has 0 atom stereocenters. The number of likely N-dealkylation sites (tertiary alicyclic amines) is 2. The first-order chi connectivity index (χ1) is 11.2. The molecule has 0 aliphatic carbocycles. The van der Waals surface area contributed by atoms with Crippen LogP contribution in [0, 0.1) is 12.8 Å². The van der Waals surface area contributed by atoms with Crippen LogP contribution >= 0.6 is 0 Å². The van der Waals surface area contributed by atoms with E-state index in [9.17, 15) is 4.79 Å². The van der Waals surface area contributed by atoms with Gasteiger partial charge in [0.15, 0.2) is 0 Å². The third kappa shape index (κ3) is 4.57. The summed E-state index contributed by atoms with van der Waals surface area (Å²) in [7, 11) is 0. The molecule has 0 aromatic heterocycles. The minimum Gasteiger partial charge on any atom is -0.342 e. The van der Waals surface area contributed by atoms with Crippen molar-refractivity contribution in [1.29, 1.82) is 0 Å². The predicted octanol–water partition coefficient (Wildman–Crippen LogP) is 3.61. The highest BCUT2D eigenvalue weighted by molar-refractivity contribution is 5.79. The Bertz CT molecular complexity index is 512. The Morgan fingerprint density at radius 1 is 1.04 bits per heavy atom. The summed E-state index contributed by atoms with van der Waals surface area (Å²) in [6.07, 6.45) is 7.02. The van der Waals surface area contributed by atoms with Crippen LogP contribution in [0.25, 0.3) is 0 Å². The third-order valence-electron chi connectivity index (χ3n) is 5.34. The van der Waals surface area contributed by atoms with E-state index in [1.54, 1.807) is 0 Å². The average molecular weight is 314 g/mol. The van der Waals surface area contributed by atoms with Crippen LogP contribution in [-0.4, -0.2) is 41.9 Å². The van der Waals surface area contributed by atoms with E-state index in [-0.39, 0.29) is 5.92 Å². The van der Waals surface area contributed by atoms with Gasteiger partial charge in [-0.2, -0.15) is 0 Å². The second-order valence-corrected chi connectivity index (χ2v) is 7.28. The lowest BCUT2D eigenvalue weighted by Gasteiger charge is -2.34. The van der Waals surface area contributed by atoms with E-state index in [4.69, 9.17) is 0 Å². The molecule has 0 saturated carbocycles. The SMILES string of the molecule is Cc1cccc(CN2CCC(C(=O)N3CCCCCC3)CC2)c1. The minimum atomic E-state index is 0.266. The Balaban J connectivity index is 1.48. The first-order valence-electron chi connectivity index (χ1n) is 9.29. The Kier molecular flexibility index (Phi) is 5.71. The summed E-state index contributed by atoms with van der Waals surface area (Å²) in [5.74, 6) is 0.698. The molecule has 0 radical (unpaired) electrons. The molecule has 0 N–H and O–H groups in total. The van der Waals surface area contributed by atoms with Crippen LogP contribution in [-0.2, 0) is 11.3 Å². The molecule has 3 rings (SSSR count). The van der Waals surface area contributed by atoms with Gasteiger partial charge < -0.3 is 4.90 Å². The Labute approximate surface area is 140 Å². The maximum Gasteiger partial charge on any atom is 0.225 e. The van der Waals surface area contributed by atoms with Crippen molar-refractivity contribution in [3.63, 3.8) is 0 Å². The zero-order chi connectivity index (χ0) is 16.1. The first-order valence-corrected chi connectivity index (χ1v) is 9.29. The van der Waals surface area contributed by atoms with Crippen molar-refractivity contribution in [3.8, 4) is 0 Å². The highest BCUT2D eigenvalue weighted by Gasteiger charge is 2.28. The summed E-state index contributed by atoms with van der Waals surface area (Å²) < 4.78 is 0. The summed E-state index contributed by atoms with van der Waals surface area (Å²) in [6, 6.07) is 8.77. The van der Waals surface area contributed by atoms with E-state index in [1.165, 1.54) is 36.8 Å². The molecule has 2 fully saturated rings. The maximum absolute atomic E-state index is 12.7. The van der Waals surface area contributed by atoms with Crippen molar-refractivity contribution in [1.82, 2.24) is 9.80 Å².